The van der Waals surface area contributed by atoms with Gasteiger partial charge >= 0.3 is 6.85 Å². The normalized spacial score (nSPS) is 17.5. The third-order valence-corrected chi connectivity index (χ3v) is 9.91. The number of hydrogen-bond donors (Lipinski definition) is 0. The average Bonchev–Trinajstić information content (AvgIpc) is 2.15. The van der Waals surface area contributed by atoms with Gasteiger partial charge in [-0.2, -0.15) is 0 Å². The molecule has 1 heterocycles. The highest BCUT2D eigenvalue weighted by Gasteiger charge is 2.44. The zero-order chi connectivity index (χ0) is 12.6. The predicted molar refractivity (Wildman–Crippen MR) is 81.1 cm³/mol. The third-order valence-electron chi connectivity index (χ3n) is 3.79. The van der Waals surface area contributed by atoms with Gasteiger partial charge in [-0.15, -0.1) is 6.58 Å². The van der Waals surface area contributed by atoms with Crippen molar-refractivity contribution < 1.29 is 0 Å². The fraction of sp³-hybridized carbons (Fsp3) is 0.500. The van der Waals surface area contributed by atoms with E-state index in [4.69, 9.17) is 0 Å². The van der Waals surface area contributed by atoms with Crippen LogP contribution in [0.4, 0.5) is 0 Å². The zero-order valence-corrected chi connectivity index (χ0v) is 13.5. The zero-order valence-electron chi connectivity index (χ0n) is 10.9. The van der Waals surface area contributed by atoms with Gasteiger partial charge < -0.3 is 4.48 Å². The highest BCUT2D eigenvalue weighted by Crippen LogP contribution is 2.40. The number of allylic oxidation sites excluding steroid dienone is 2. The highest BCUT2D eigenvalue weighted by atomic mass is 79.9. The molecular weight excluding hydrogens is 277 g/mol. The lowest BCUT2D eigenvalue weighted by atomic mass is 9.61. The van der Waals surface area contributed by atoms with Crippen LogP contribution < -0.4 is 0 Å². The standard InChI is InChI=1S/C12H21BBrNSi/c1-7-13-11(14)9-8-10-15(13)16(5,6)12(2,3)4/h7-10H,1H2,2-6H3. The predicted octanol–water partition coefficient (Wildman–Crippen LogP) is 4.36. The second kappa shape index (κ2) is 4.57. The van der Waals surface area contributed by atoms with Crippen molar-refractivity contribution in [1.82, 2.24) is 4.48 Å². The average molecular weight is 298 g/mol. The van der Waals surface area contributed by atoms with Crippen LogP contribution in [0.1, 0.15) is 20.8 Å². The molecule has 16 heavy (non-hydrogen) atoms. The van der Waals surface area contributed by atoms with Gasteiger partial charge in [0.1, 0.15) is 8.24 Å². The minimum absolute atomic E-state index is 0.297. The van der Waals surface area contributed by atoms with Gasteiger partial charge in [0, 0.05) is 0 Å². The highest BCUT2D eigenvalue weighted by molar-refractivity contribution is 9.12. The monoisotopic (exact) mass is 297 g/mol. The molecule has 0 N–H and O–H groups in total. The van der Waals surface area contributed by atoms with Crippen LogP contribution in [0.25, 0.3) is 0 Å². The molecule has 0 spiro atoms. The third kappa shape index (κ3) is 2.38. The minimum atomic E-state index is -1.53. The summed E-state index contributed by atoms with van der Waals surface area (Å²) in [6.45, 7) is 16.1. The van der Waals surface area contributed by atoms with Crippen molar-refractivity contribution in [3.05, 3.63) is 35.3 Å². The van der Waals surface area contributed by atoms with Crippen LogP contribution in [-0.4, -0.2) is 19.6 Å². The molecule has 0 fully saturated rings. The van der Waals surface area contributed by atoms with Crippen molar-refractivity contribution in [3.63, 3.8) is 0 Å². The van der Waals surface area contributed by atoms with Gasteiger partial charge in [0.05, 0.1) is 0 Å². The second-order valence-electron chi connectivity index (χ2n) is 5.79. The molecule has 0 aromatic rings. The van der Waals surface area contributed by atoms with Gasteiger partial charge in [0.2, 0.25) is 0 Å². The first-order valence-electron chi connectivity index (χ1n) is 5.66. The van der Waals surface area contributed by atoms with Crippen LogP contribution in [0, 0.1) is 0 Å². The first-order chi connectivity index (χ1) is 7.21. The Morgan fingerprint density at radius 2 is 2.00 bits per heavy atom. The van der Waals surface area contributed by atoms with E-state index in [0.717, 1.165) is 0 Å². The van der Waals surface area contributed by atoms with Crippen LogP contribution in [0.3, 0.4) is 0 Å². The van der Waals surface area contributed by atoms with Crippen LogP contribution >= 0.6 is 15.9 Å². The first-order valence-corrected chi connectivity index (χ1v) is 9.40. The quantitative estimate of drug-likeness (QED) is 0.685. The Morgan fingerprint density at radius 1 is 1.44 bits per heavy atom. The molecule has 0 atom stereocenters. The van der Waals surface area contributed by atoms with E-state index in [1.165, 1.54) is 4.38 Å². The van der Waals surface area contributed by atoms with Gasteiger partial charge in [0.25, 0.3) is 0 Å². The van der Waals surface area contributed by atoms with Gasteiger partial charge in [-0.3, -0.25) is 0 Å². The van der Waals surface area contributed by atoms with Crippen molar-refractivity contribution in [2.45, 2.75) is 38.9 Å². The van der Waals surface area contributed by atoms with Crippen molar-refractivity contribution in [2.75, 3.05) is 0 Å². The van der Waals surface area contributed by atoms with Gasteiger partial charge in [-0.05, 0) is 21.7 Å². The Hall–Kier alpha value is -0.218. The first kappa shape index (κ1) is 13.8. The molecule has 0 bridgehead atoms. The Kier molecular flexibility index (Phi) is 3.96. The molecule has 0 radical (unpaired) electrons. The molecule has 88 valence electrons. The molecule has 0 saturated carbocycles. The fourth-order valence-corrected chi connectivity index (χ4v) is 4.62. The van der Waals surface area contributed by atoms with E-state index in [9.17, 15) is 0 Å². The molecule has 1 aliphatic rings. The summed E-state index contributed by atoms with van der Waals surface area (Å²) in [4.78, 5) is 0. The molecule has 0 aromatic heterocycles. The molecule has 0 unspecified atom stereocenters. The fourth-order valence-electron chi connectivity index (χ4n) is 1.70. The van der Waals surface area contributed by atoms with Crippen LogP contribution in [0.5, 0.6) is 0 Å². The largest absolute Gasteiger partial charge is 0.440 e. The van der Waals surface area contributed by atoms with E-state index in [0.29, 0.717) is 11.9 Å². The molecule has 0 saturated heterocycles. The lowest BCUT2D eigenvalue weighted by Gasteiger charge is -2.49. The molecule has 0 aliphatic carbocycles. The van der Waals surface area contributed by atoms with E-state index in [1.807, 2.05) is 5.98 Å². The van der Waals surface area contributed by atoms with Crippen molar-refractivity contribution >= 4 is 31.0 Å². The second-order valence-corrected chi connectivity index (χ2v) is 11.8. The smallest absolute Gasteiger partial charge is 0.313 e. The molecule has 0 aromatic carbocycles. The lowest BCUT2D eigenvalue weighted by molar-refractivity contribution is 0.653. The number of halogens is 1. The number of hydrogen-bond acceptors (Lipinski definition) is 1. The Labute approximate surface area is 110 Å². The summed E-state index contributed by atoms with van der Waals surface area (Å²) in [6.07, 6.45) is 6.44. The van der Waals surface area contributed by atoms with E-state index in [1.54, 1.807) is 0 Å². The maximum absolute atomic E-state index is 3.96. The SMILES string of the molecule is C=CB1C(Br)=CC=CN1[Si](C)(C)C(C)(C)C. The Morgan fingerprint density at radius 3 is 2.44 bits per heavy atom. The molecule has 0 amide bonds. The van der Waals surface area contributed by atoms with E-state index >= 15 is 0 Å². The van der Waals surface area contributed by atoms with Crippen molar-refractivity contribution in [3.8, 4) is 0 Å². The van der Waals surface area contributed by atoms with E-state index in [-0.39, 0.29) is 0 Å². The molecule has 1 rings (SSSR count). The van der Waals surface area contributed by atoms with Crippen molar-refractivity contribution in [2.24, 2.45) is 0 Å². The molecular formula is C12H21BBrNSi. The maximum Gasteiger partial charge on any atom is 0.313 e. The topological polar surface area (TPSA) is 3.24 Å². The Bertz CT molecular complexity index is 341. The number of nitrogens with zero attached hydrogens (tertiary/aromatic N) is 1. The summed E-state index contributed by atoms with van der Waals surface area (Å²) >= 11 is 3.63. The molecule has 4 heteroatoms. The minimum Gasteiger partial charge on any atom is -0.440 e. The summed E-state index contributed by atoms with van der Waals surface area (Å²) in [5, 5.41) is 0.337. The van der Waals surface area contributed by atoms with Gasteiger partial charge in [0.15, 0.2) is 0 Å². The Balaban J connectivity index is 3.10. The molecule has 1 nitrogen and oxygen atoms in total. The summed E-state index contributed by atoms with van der Waals surface area (Å²) in [7, 11) is -1.53. The van der Waals surface area contributed by atoms with Gasteiger partial charge in [-0.25, -0.2) is 0 Å². The summed E-state index contributed by atoms with van der Waals surface area (Å²) in [5.41, 5.74) is 0. The van der Waals surface area contributed by atoms with Crippen molar-refractivity contribution in [1.29, 1.82) is 0 Å². The van der Waals surface area contributed by atoms with Crippen LogP contribution in [-0.2, 0) is 0 Å². The van der Waals surface area contributed by atoms with Crippen LogP contribution in [0.2, 0.25) is 18.1 Å². The summed E-state index contributed by atoms with van der Waals surface area (Å²) in [5.74, 6) is 2.02. The molecule has 1 aliphatic heterocycles. The van der Waals surface area contributed by atoms with E-state index in [2.05, 4.69) is 79.2 Å². The van der Waals surface area contributed by atoms with Gasteiger partial charge in [-0.1, -0.05) is 61.8 Å². The van der Waals surface area contributed by atoms with Crippen LogP contribution in [0.15, 0.2) is 35.3 Å². The lowest BCUT2D eigenvalue weighted by Crippen LogP contribution is -2.58. The van der Waals surface area contributed by atoms with E-state index < -0.39 is 8.24 Å². The summed E-state index contributed by atoms with van der Waals surface area (Å²) in [6, 6.07) is 0. The maximum atomic E-state index is 3.96. The number of rotatable bonds is 2. The summed E-state index contributed by atoms with van der Waals surface area (Å²) < 4.78 is 3.71.